The van der Waals surface area contributed by atoms with Gasteiger partial charge >= 0.3 is 12.1 Å². The first-order valence-electron chi connectivity index (χ1n) is 10.9. The van der Waals surface area contributed by atoms with Gasteiger partial charge in [0.25, 0.3) is 5.91 Å². The molecule has 9 heteroatoms. The number of halogens is 1. The van der Waals surface area contributed by atoms with Crippen molar-refractivity contribution in [1.29, 1.82) is 0 Å². The van der Waals surface area contributed by atoms with E-state index < -0.39 is 23.6 Å². The summed E-state index contributed by atoms with van der Waals surface area (Å²) in [6.07, 6.45) is -0.642. The molecule has 0 atom stereocenters. The van der Waals surface area contributed by atoms with Crippen LogP contribution in [0.3, 0.4) is 0 Å². The smallest absolute Gasteiger partial charge is 0.411 e. The zero-order valence-electron chi connectivity index (χ0n) is 18.4. The minimum atomic E-state index is -1.92. The molecule has 0 saturated carbocycles. The van der Waals surface area contributed by atoms with Crippen LogP contribution in [0.2, 0.25) is 0 Å². The van der Waals surface area contributed by atoms with E-state index in [0.29, 0.717) is 9.26 Å². The van der Waals surface area contributed by atoms with Crippen LogP contribution in [0.25, 0.3) is 11.1 Å². The second kappa shape index (κ2) is 8.97. The number of ether oxygens (including phenoxy) is 1. The second-order valence-corrected chi connectivity index (χ2v) is 9.92. The van der Waals surface area contributed by atoms with Crippen LogP contribution in [0.1, 0.15) is 27.4 Å². The normalized spacial score (nSPS) is 15.5. The molecule has 1 fully saturated rings. The minimum Gasteiger partial charge on any atom is -0.479 e. The minimum absolute atomic E-state index is 0.0689. The number of nitrogens with zero attached hydrogens (tertiary/aromatic N) is 1. The van der Waals surface area contributed by atoms with Crippen molar-refractivity contribution in [3.8, 4) is 11.1 Å². The molecule has 1 aliphatic heterocycles. The van der Waals surface area contributed by atoms with Gasteiger partial charge in [0.1, 0.15) is 6.61 Å². The molecule has 0 radical (unpaired) electrons. The van der Waals surface area contributed by atoms with Crippen molar-refractivity contribution in [3.63, 3.8) is 0 Å². The molecule has 1 aliphatic carbocycles. The molecule has 1 saturated heterocycles. The molecule has 0 bridgehead atoms. The van der Waals surface area contributed by atoms with Gasteiger partial charge in [0.05, 0.1) is 13.1 Å². The Morgan fingerprint density at radius 1 is 1.00 bits per heavy atom. The van der Waals surface area contributed by atoms with Gasteiger partial charge in [-0.1, -0.05) is 48.5 Å². The van der Waals surface area contributed by atoms with Crippen molar-refractivity contribution < 1.29 is 29.3 Å². The molecule has 0 aromatic heterocycles. The summed E-state index contributed by atoms with van der Waals surface area (Å²) in [5, 5.41) is 21.6. The van der Waals surface area contributed by atoms with Gasteiger partial charge in [0.2, 0.25) is 0 Å². The Morgan fingerprint density at radius 3 is 2.20 bits per heavy atom. The van der Waals surface area contributed by atoms with E-state index in [-0.39, 0.29) is 31.2 Å². The standard InChI is InChI=1S/C26H21IN2O6/c27-16-9-15(23(30)29-13-26(34,14-29)24(31)32)10-17(11-16)28-25(33)35-12-22-20-7-3-1-5-18(20)19-6-2-4-8-21(19)22/h1-11,22,34H,12-14H2,(H,28,33)(H,31,32). The highest BCUT2D eigenvalue weighted by Gasteiger charge is 2.50. The molecular weight excluding hydrogens is 563 g/mol. The van der Waals surface area contributed by atoms with Crippen molar-refractivity contribution in [3.05, 3.63) is 87.0 Å². The van der Waals surface area contributed by atoms with Crippen LogP contribution in [-0.4, -0.2) is 58.4 Å². The summed E-state index contributed by atoms with van der Waals surface area (Å²) < 4.78 is 6.28. The van der Waals surface area contributed by atoms with Gasteiger partial charge in [-0.15, -0.1) is 0 Å². The molecule has 3 N–H and O–H groups in total. The van der Waals surface area contributed by atoms with Gasteiger partial charge in [-0.25, -0.2) is 9.59 Å². The number of carboxylic acid groups (broad SMARTS) is 1. The third kappa shape index (κ3) is 4.37. The van der Waals surface area contributed by atoms with E-state index in [1.165, 1.54) is 11.0 Å². The van der Waals surface area contributed by atoms with Crippen LogP contribution in [0.4, 0.5) is 10.5 Å². The number of benzene rings is 3. The number of rotatable bonds is 5. The highest BCUT2D eigenvalue weighted by Crippen LogP contribution is 2.44. The molecule has 2 aliphatic rings. The summed E-state index contributed by atoms with van der Waals surface area (Å²) in [4.78, 5) is 37.7. The molecule has 0 spiro atoms. The molecule has 178 valence electrons. The third-order valence-corrected chi connectivity index (χ3v) is 6.95. The fraction of sp³-hybridized carbons (Fsp3) is 0.192. The molecule has 35 heavy (non-hydrogen) atoms. The topological polar surface area (TPSA) is 116 Å². The van der Waals surface area contributed by atoms with Gasteiger partial charge in [-0.2, -0.15) is 0 Å². The van der Waals surface area contributed by atoms with Crippen molar-refractivity contribution in [1.82, 2.24) is 4.90 Å². The number of hydrogen-bond acceptors (Lipinski definition) is 5. The maximum atomic E-state index is 12.7. The molecule has 3 aromatic carbocycles. The Labute approximate surface area is 214 Å². The molecule has 1 heterocycles. The summed E-state index contributed by atoms with van der Waals surface area (Å²) in [6.45, 7) is -0.416. The number of nitrogens with one attached hydrogen (secondary N) is 1. The molecule has 0 unspecified atom stereocenters. The SMILES string of the molecule is O=C(Nc1cc(I)cc(C(=O)N2CC(O)(C(=O)O)C2)c1)OCC1c2ccccc2-c2ccccc21. The predicted molar refractivity (Wildman–Crippen MR) is 136 cm³/mol. The lowest BCUT2D eigenvalue weighted by atomic mass is 9.93. The number of anilines is 1. The molecule has 2 amide bonds. The van der Waals surface area contributed by atoms with Crippen molar-refractivity contribution in [2.45, 2.75) is 11.5 Å². The average Bonchev–Trinajstić information content (AvgIpc) is 3.13. The maximum Gasteiger partial charge on any atom is 0.411 e. The number of carboxylic acids is 1. The molecule has 3 aromatic rings. The Kier molecular flexibility index (Phi) is 5.97. The van der Waals surface area contributed by atoms with E-state index in [2.05, 4.69) is 17.4 Å². The Balaban J connectivity index is 1.25. The van der Waals surface area contributed by atoms with E-state index in [1.807, 2.05) is 59.0 Å². The first kappa shape index (κ1) is 23.3. The molecule has 5 rings (SSSR count). The lowest BCUT2D eigenvalue weighted by Crippen LogP contribution is -2.67. The Hall–Kier alpha value is -3.44. The van der Waals surface area contributed by atoms with Crippen LogP contribution in [0.15, 0.2) is 66.7 Å². The van der Waals surface area contributed by atoms with E-state index in [4.69, 9.17) is 9.84 Å². The predicted octanol–water partition coefficient (Wildman–Crippen LogP) is 3.92. The van der Waals surface area contributed by atoms with E-state index >= 15 is 0 Å². The fourth-order valence-electron chi connectivity index (χ4n) is 4.58. The Bertz CT molecular complexity index is 1310. The van der Waals surface area contributed by atoms with Crippen molar-refractivity contribution in [2.24, 2.45) is 0 Å². The molecular formula is C26H21IN2O6. The number of fused-ring (bicyclic) bond motifs is 3. The summed E-state index contributed by atoms with van der Waals surface area (Å²) in [5.41, 5.74) is 3.24. The maximum absolute atomic E-state index is 12.7. The summed E-state index contributed by atoms with van der Waals surface area (Å²) in [6, 6.07) is 21.0. The number of aliphatic carboxylic acids is 1. The van der Waals surface area contributed by atoms with E-state index in [9.17, 15) is 19.5 Å². The highest BCUT2D eigenvalue weighted by atomic mass is 127. The largest absolute Gasteiger partial charge is 0.479 e. The van der Waals surface area contributed by atoms with Crippen LogP contribution in [0, 0.1) is 3.57 Å². The zero-order chi connectivity index (χ0) is 24.7. The summed E-state index contributed by atoms with van der Waals surface area (Å²) >= 11 is 2.03. The highest BCUT2D eigenvalue weighted by molar-refractivity contribution is 14.1. The number of β-amino-alcohol motifs (C(OH)–C–C–N with tert-alkyl or cyclic N) is 1. The van der Waals surface area contributed by atoms with Crippen molar-refractivity contribution in [2.75, 3.05) is 25.0 Å². The van der Waals surface area contributed by atoms with Gasteiger partial charge in [-0.05, 0) is 63.0 Å². The van der Waals surface area contributed by atoms with E-state index in [1.54, 1.807) is 12.1 Å². The lowest BCUT2D eigenvalue weighted by Gasteiger charge is -2.43. The number of hydrogen-bond donors (Lipinski definition) is 3. The van der Waals surface area contributed by atoms with Gasteiger partial charge in [0, 0.05) is 20.7 Å². The molecule has 8 nitrogen and oxygen atoms in total. The average molecular weight is 584 g/mol. The summed E-state index contributed by atoms with van der Waals surface area (Å²) in [5.74, 6) is -1.85. The quantitative estimate of drug-likeness (QED) is 0.392. The number of aliphatic hydroxyl groups is 1. The number of carbonyl (C=O) groups excluding carboxylic acids is 2. The second-order valence-electron chi connectivity index (χ2n) is 8.68. The van der Waals surface area contributed by atoms with Gasteiger partial charge in [0.15, 0.2) is 5.60 Å². The number of likely N-dealkylation sites (tertiary alicyclic amines) is 1. The third-order valence-electron chi connectivity index (χ3n) is 6.32. The van der Waals surface area contributed by atoms with Crippen LogP contribution in [-0.2, 0) is 9.53 Å². The van der Waals surface area contributed by atoms with Gasteiger partial charge < -0.3 is 19.8 Å². The zero-order valence-corrected chi connectivity index (χ0v) is 20.6. The van der Waals surface area contributed by atoms with Crippen LogP contribution < -0.4 is 5.32 Å². The number of amides is 2. The number of carbonyl (C=O) groups is 3. The first-order valence-corrected chi connectivity index (χ1v) is 12.0. The van der Waals surface area contributed by atoms with E-state index in [0.717, 1.165) is 22.3 Å². The van der Waals surface area contributed by atoms with Crippen LogP contribution in [0.5, 0.6) is 0 Å². The van der Waals surface area contributed by atoms with Gasteiger partial charge in [-0.3, -0.25) is 10.1 Å². The fourth-order valence-corrected chi connectivity index (χ4v) is 5.26. The lowest BCUT2D eigenvalue weighted by molar-refractivity contribution is -0.173. The Morgan fingerprint density at radius 2 is 1.60 bits per heavy atom. The monoisotopic (exact) mass is 584 g/mol. The summed E-state index contributed by atoms with van der Waals surface area (Å²) in [7, 11) is 0. The van der Waals surface area contributed by atoms with Crippen molar-refractivity contribution >= 4 is 46.2 Å². The first-order chi connectivity index (χ1) is 16.7. The van der Waals surface area contributed by atoms with Crippen LogP contribution >= 0.6 is 22.6 Å².